The molecule has 2 aromatic carbocycles. The van der Waals surface area contributed by atoms with Gasteiger partial charge >= 0.3 is 5.97 Å². The highest BCUT2D eigenvalue weighted by Crippen LogP contribution is 2.30. The van der Waals surface area contributed by atoms with Crippen LogP contribution in [0, 0.1) is 4.91 Å². The predicted octanol–water partition coefficient (Wildman–Crippen LogP) is 4.28. The molecule has 1 aliphatic rings. The summed E-state index contributed by atoms with van der Waals surface area (Å²) in [5.74, 6) is -1.70. The van der Waals surface area contributed by atoms with Crippen LogP contribution in [0.25, 0.3) is 0 Å². The molecule has 1 fully saturated rings. The topological polar surface area (TPSA) is 105 Å². The van der Waals surface area contributed by atoms with Gasteiger partial charge in [0, 0.05) is 17.2 Å². The molecule has 0 bridgehead atoms. The van der Waals surface area contributed by atoms with Crippen molar-refractivity contribution in [3.8, 4) is 0 Å². The van der Waals surface area contributed by atoms with Gasteiger partial charge in [-0.2, -0.15) is 4.91 Å². The van der Waals surface area contributed by atoms with Gasteiger partial charge in [0.05, 0.1) is 17.4 Å². The maximum atomic E-state index is 12.6. The Balaban J connectivity index is 1.84. The minimum absolute atomic E-state index is 0.112. The van der Waals surface area contributed by atoms with Gasteiger partial charge in [-0.05, 0) is 48.7 Å². The molecule has 1 heterocycles. The van der Waals surface area contributed by atoms with E-state index in [1.165, 1.54) is 18.2 Å². The minimum Gasteiger partial charge on any atom is -0.478 e. The van der Waals surface area contributed by atoms with E-state index < -0.39 is 17.9 Å². The van der Waals surface area contributed by atoms with Crippen LogP contribution in [0.5, 0.6) is 0 Å². The normalized spacial score (nSPS) is 17.3. The van der Waals surface area contributed by atoms with Gasteiger partial charge in [-0.1, -0.05) is 28.9 Å². The molecule has 140 valence electrons. The molecule has 7 nitrogen and oxygen atoms in total. The standard InChI is InChI=1S/C19H17ClN2O5/c20-13-6-7-15(14(10-13)19(24)25)21-18(23)12-4-1-3-11(9-12)17(22-26)16-5-2-8-27-16/h1,3-4,6-7,9-10,16-17H,2,5,8H2,(H,21,23)(H,24,25). The van der Waals surface area contributed by atoms with Crippen LogP contribution in [-0.4, -0.2) is 29.7 Å². The lowest BCUT2D eigenvalue weighted by atomic mass is 9.98. The molecule has 3 rings (SSSR count). The second kappa shape index (κ2) is 8.28. The quantitative estimate of drug-likeness (QED) is 0.718. The Labute approximate surface area is 160 Å². The van der Waals surface area contributed by atoms with Gasteiger partial charge in [-0.15, -0.1) is 0 Å². The van der Waals surface area contributed by atoms with Crippen molar-refractivity contribution in [1.82, 2.24) is 0 Å². The van der Waals surface area contributed by atoms with E-state index >= 15 is 0 Å². The van der Waals surface area contributed by atoms with Gasteiger partial charge in [-0.25, -0.2) is 4.79 Å². The SMILES string of the molecule is O=NC(c1cccc(C(=O)Nc2ccc(Cl)cc2C(=O)O)c1)C1CCCO1. The number of rotatable bonds is 6. The second-order valence-corrected chi connectivity index (χ2v) is 6.61. The molecule has 0 aliphatic carbocycles. The van der Waals surface area contributed by atoms with Gasteiger partial charge in [0.25, 0.3) is 5.91 Å². The number of aromatic carboxylic acids is 1. The van der Waals surface area contributed by atoms with Crippen molar-refractivity contribution >= 4 is 29.2 Å². The van der Waals surface area contributed by atoms with Gasteiger partial charge < -0.3 is 15.2 Å². The first-order valence-corrected chi connectivity index (χ1v) is 8.75. The van der Waals surface area contributed by atoms with Gasteiger partial charge in [-0.3, -0.25) is 4.79 Å². The minimum atomic E-state index is -1.20. The van der Waals surface area contributed by atoms with Crippen molar-refractivity contribution in [2.45, 2.75) is 25.0 Å². The fourth-order valence-corrected chi connectivity index (χ4v) is 3.23. The number of nitroso groups, excluding NO2 is 1. The third-order valence-electron chi connectivity index (χ3n) is 4.38. The smallest absolute Gasteiger partial charge is 0.337 e. The van der Waals surface area contributed by atoms with Crippen LogP contribution in [0.2, 0.25) is 5.02 Å². The van der Waals surface area contributed by atoms with E-state index in [-0.39, 0.29) is 27.9 Å². The number of amides is 1. The van der Waals surface area contributed by atoms with E-state index in [0.717, 1.165) is 12.8 Å². The number of benzene rings is 2. The predicted molar refractivity (Wildman–Crippen MR) is 100 cm³/mol. The molecule has 8 heteroatoms. The molecule has 0 spiro atoms. The molecule has 1 amide bonds. The summed E-state index contributed by atoms with van der Waals surface area (Å²) in [6.07, 6.45) is 1.31. The van der Waals surface area contributed by atoms with Crippen LogP contribution >= 0.6 is 11.6 Å². The summed E-state index contributed by atoms with van der Waals surface area (Å²) >= 11 is 5.82. The highest BCUT2D eigenvalue weighted by atomic mass is 35.5. The molecule has 1 saturated heterocycles. The fourth-order valence-electron chi connectivity index (χ4n) is 3.06. The van der Waals surface area contributed by atoms with Crippen molar-refractivity contribution in [2.75, 3.05) is 11.9 Å². The molecule has 0 aromatic heterocycles. The second-order valence-electron chi connectivity index (χ2n) is 6.18. The van der Waals surface area contributed by atoms with Crippen LogP contribution in [-0.2, 0) is 4.74 Å². The lowest BCUT2D eigenvalue weighted by Crippen LogP contribution is -2.18. The number of nitrogens with one attached hydrogen (secondary N) is 1. The number of carboxylic acids is 1. The van der Waals surface area contributed by atoms with Crippen LogP contribution < -0.4 is 5.32 Å². The molecular weight excluding hydrogens is 372 g/mol. The summed E-state index contributed by atoms with van der Waals surface area (Å²) in [5, 5.41) is 15.3. The van der Waals surface area contributed by atoms with Crippen LogP contribution in [0.1, 0.15) is 45.2 Å². The van der Waals surface area contributed by atoms with E-state index in [2.05, 4.69) is 10.5 Å². The molecule has 0 radical (unpaired) electrons. The Hall–Kier alpha value is -2.77. The first kappa shape index (κ1) is 19.0. The van der Waals surface area contributed by atoms with Gasteiger partial charge in [0.1, 0.15) is 6.04 Å². The van der Waals surface area contributed by atoms with E-state index in [4.69, 9.17) is 16.3 Å². The Morgan fingerprint density at radius 3 is 2.74 bits per heavy atom. The highest BCUT2D eigenvalue weighted by molar-refractivity contribution is 6.31. The number of carboxylic acid groups (broad SMARTS) is 1. The zero-order chi connectivity index (χ0) is 19.4. The summed E-state index contributed by atoms with van der Waals surface area (Å²) in [6, 6.07) is 10.0. The molecule has 2 aromatic rings. The van der Waals surface area contributed by atoms with Crippen molar-refractivity contribution in [3.05, 3.63) is 69.1 Å². The summed E-state index contributed by atoms with van der Waals surface area (Å²) in [7, 11) is 0. The van der Waals surface area contributed by atoms with Crippen molar-refractivity contribution in [3.63, 3.8) is 0 Å². The van der Waals surface area contributed by atoms with Crippen LogP contribution in [0.3, 0.4) is 0 Å². The average molecular weight is 389 g/mol. The summed E-state index contributed by atoms with van der Waals surface area (Å²) in [6.45, 7) is 0.589. The molecule has 1 aliphatic heterocycles. The number of carbonyl (C=O) groups excluding carboxylic acids is 1. The number of carbonyl (C=O) groups is 2. The number of anilines is 1. The van der Waals surface area contributed by atoms with E-state index in [1.54, 1.807) is 24.3 Å². The third kappa shape index (κ3) is 4.32. The number of hydrogen-bond acceptors (Lipinski definition) is 5. The summed E-state index contributed by atoms with van der Waals surface area (Å²) < 4.78 is 5.54. The molecule has 0 saturated carbocycles. The Bertz CT molecular complexity index is 880. The summed E-state index contributed by atoms with van der Waals surface area (Å²) in [4.78, 5) is 35.2. The number of hydrogen-bond donors (Lipinski definition) is 2. The van der Waals surface area contributed by atoms with E-state index in [1.807, 2.05) is 0 Å². The van der Waals surface area contributed by atoms with E-state index in [9.17, 15) is 19.6 Å². The van der Waals surface area contributed by atoms with Crippen LogP contribution in [0.4, 0.5) is 5.69 Å². The zero-order valence-corrected chi connectivity index (χ0v) is 15.0. The number of halogens is 1. The fraction of sp³-hybridized carbons (Fsp3) is 0.263. The molecule has 2 atom stereocenters. The summed E-state index contributed by atoms with van der Waals surface area (Å²) in [5.41, 5.74) is 0.884. The largest absolute Gasteiger partial charge is 0.478 e. The number of ether oxygens (including phenoxy) is 1. The van der Waals surface area contributed by atoms with Crippen molar-refractivity contribution in [2.24, 2.45) is 5.18 Å². The van der Waals surface area contributed by atoms with Gasteiger partial charge in [0.15, 0.2) is 0 Å². The molecule has 2 unspecified atom stereocenters. The zero-order valence-electron chi connectivity index (χ0n) is 14.2. The first-order valence-electron chi connectivity index (χ1n) is 8.38. The number of nitrogens with zero attached hydrogens (tertiary/aromatic N) is 1. The maximum absolute atomic E-state index is 12.6. The Kier molecular flexibility index (Phi) is 5.83. The lowest BCUT2D eigenvalue weighted by molar-refractivity contribution is 0.0698. The lowest BCUT2D eigenvalue weighted by Gasteiger charge is -2.17. The third-order valence-corrected chi connectivity index (χ3v) is 4.62. The first-order chi connectivity index (χ1) is 13.0. The van der Waals surface area contributed by atoms with Crippen molar-refractivity contribution < 1.29 is 19.4 Å². The van der Waals surface area contributed by atoms with Crippen LogP contribution in [0.15, 0.2) is 47.6 Å². The molecule has 27 heavy (non-hydrogen) atoms. The van der Waals surface area contributed by atoms with Gasteiger partial charge in [0.2, 0.25) is 0 Å². The maximum Gasteiger partial charge on any atom is 0.337 e. The van der Waals surface area contributed by atoms with E-state index in [0.29, 0.717) is 12.2 Å². The van der Waals surface area contributed by atoms with Crippen molar-refractivity contribution in [1.29, 1.82) is 0 Å². The Morgan fingerprint density at radius 2 is 2.07 bits per heavy atom. The molecular formula is C19H17ClN2O5. The highest BCUT2D eigenvalue weighted by Gasteiger charge is 2.29. The monoisotopic (exact) mass is 388 g/mol. The average Bonchev–Trinajstić information content (AvgIpc) is 3.18. The molecule has 2 N–H and O–H groups in total. The Morgan fingerprint density at radius 1 is 1.26 bits per heavy atom.